The largest absolute Gasteiger partial charge is 0.519 e. The summed E-state index contributed by atoms with van der Waals surface area (Å²) in [5.41, 5.74) is 1.38. The van der Waals surface area contributed by atoms with Crippen LogP contribution < -0.4 is 17.1 Å². The van der Waals surface area contributed by atoms with Gasteiger partial charge in [-0.3, -0.25) is 0 Å². The summed E-state index contributed by atoms with van der Waals surface area (Å²) in [6.45, 7) is 0.953. The highest BCUT2D eigenvalue weighted by Gasteiger charge is 2.30. The van der Waals surface area contributed by atoms with Crippen LogP contribution in [0, 0.1) is 25.3 Å². The molecule has 0 aliphatic heterocycles. The second-order valence-corrected chi connectivity index (χ2v) is 6.45. The quantitative estimate of drug-likeness (QED) is 0.155. The number of imidazole rings is 1. The van der Waals surface area contributed by atoms with Crippen LogP contribution in [0.3, 0.4) is 0 Å². The molecule has 0 saturated carbocycles. The molecule has 0 spiro atoms. The highest BCUT2D eigenvalue weighted by atomic mass is 19.1. The number of terminal acetylenes is 1. The number of fused-ring (bicyclic) bond motifs is 1. The van der Waals surface area contributed by atoms with Gasteiger partial charge >= 0.3 is 18.1 Å². The van der Waals surface area contributed by atoms with E-state index in [0.29, 0.717) is 0 Å². The van der Waals surface area contributed by atoms with Gasteiger partial charge in [0.05, 0.1) is 6.33 Å². The lowest BCUT2D eigenvalue weighted by atomic mass is 10.0. The molecule has 3 aromatic rings. The van der Waals surface area contributed by atoms with E-state index in [0.717, 1.165) is 0 Å². The first-order chi connectivity index (χ1) is 15.3. The molecule has 3 heterocycles. The maximum Gasteiger partial charge on any atom is 0.519 e. The molecule has 13 nitrogen and oxygen atoms in total. The number of anilines is 1. The standard InChI is InChI=1S/C18H19FN6O7/c1-4-18(28-3,8-30-16(26)29-7-11-10(2)31-17(27)32-11)5-6-25-9-21-12-13(24-20)22-15(19)23-14(12)25/h1,9H,5-8,20H2,2-3H3,(H,22,23,24)/t18-/m0/s1. The van der Waals surface area contributed by atoms with E-state index in [4.69, 9.17) is 30.9 Å². The van der Waals surface area contributed by atoms with Gasteiger partial charge in [0.25, 0.3) is 0 Å². The summed E-state index contributed by atoms with van der Waals surface area (Å²) >= 11 is 0. The average Bonchev–Trinajstić information content (AvgIpc) is 3.33. The number of methoxy groups -OCH3 is 1. The van der Waals surface area contributed by atoms with Gasteiger partial charge in [0.1, 0.15) is 6.61 Å². The van der Waals surface area contributed by atoms with E-state index < -0.39 is 23.7 Å². The van der Waals surface area contributed by atoms with Crippen LogP contribution in [0.1, 0.15) is 17.9 Å². The number of hydrogen-bond donors (Lipinski definition) is 2. The molecule has 14 heteroatoms. The molecule has 32 heavy (non-hydrogen) atoms. The zero-order valence-corrected chi connectivity index (χ0v) is 17.1. The minimum atomic E-state index is -1.33. The molecule has 0 amide bonds. The average molecular weight is 450 g/mol. The molecule has 0 aliphatic carbocycles. The molecular weight excluding hydrogens is 431 g/mol. The second-order valence-electron chi connectivity index (χ2n) is 6.45. The van der Waals surface area contributed by atoms with E-state index in [-0.39, 0.29) is 54.7 Å². The molecule has 0 saturated heterocycles. The molecule has 0 aliphatic rings. The number of rotatable bonds is 9. The third-order valence-corrected chi connectivity index (χ3v) is 4.56. The zero-order valence-electron chi connectivity index (χ0n) is 17.1. The molecule has 0 radical (unpaired) electrons. The number of nitrogens with zero attached hydrogens (tertiary/aromatic N) is 4. The molecular formula is C18H19FN6O7. The van der Waals surface area contributed by atoms with Crippen molar-refractivity contribution in [3.63, 3.8) is 0 Å². The van der Waals surface area contributed by atoms with E-state index in [9.17, 15) is 14.0 Å². The summed E-state index contributed by atoms with van der Waals surface area (Å²) in [4.78, 5) is 34.3. The zero-order chi connectivity index (χ0) is 23.3. The Kier molecular flexibility index (Phi) is 6.71. The van der Waals surface area contributed by atoms with Crippen LogP contribution >= 0.6 is 0 Å². The van der Waals surface area contributed by atoms with Crippen molar-refractivity contribution < 1.29 is 32.2 Å². The van der Waals surface area contributed by atoms with Crippen LogP contribution in [0.4, 0.5) is 15.0 Å². The summed E-state index contributed by atoms with van der Waals surface area (Å²) in [6.07, 6.45) is 5.11. The van der Waals surface area contributed by atoms with Crippen molar-refractivity contribution in [3.05, 3.63) is 34.5 Å². The minimum Gasteiger partial charge on any atom is -0.430 e. The number of carbonyl (C=O) groups excluding carboxylic acids is 1. The topological polar surface area (TPSA) is 170 Å². The van der Waals surface area contributed by atoms with Gasteiger partial charge in [-0.2, -0.15) is 14.4 Å². The van der Waals surface area contributed by atoms with Crippen molar-refractivity contribution >= 4 is 23.1 Å². The number of aryl methyl sites for hydroxylation is 2. The molecule has 0 bridgehead atoms. The lowest BCUT2D eigenvalue weighted by Gasteiger charge is -2.26. The van der Waals surface area contributed by atoms with Gasteiger partial charge in [0.15, 0.2) is 40.7 Å². The predicted octanol–water partition coefficient (Wildman–Crippen LogP) is 0.868. The van der Waals surface area contributed by atoms with Crippen molar-refractivity contribution in [1.29, 1.82) is 0 Å². The van der Waals surface area contributed by atoms with Gasteiger partial charge in [-0.25, -0.2) is 20.4 Å². The Morgan fingerprint density at radius 2 is 2.19 bits per heavy atom. The van der Waals surface area contributed by atoms with Crippen molar-refractivity contribution in [3.8, 4) is 12.3 Å². The number of carbonyl (C=O) groups is 1. The summed E-state index contributed by atoms with van der Waals surface area (Å²) in [7, 11) is 1.35. The van der Waals surface area contributed by atoms with Gasteiger partial charge in [-0.05, 0) is 6.92 Å². The van der Waals surface area contributed by atoms with Crippen molar-refractivity contribution in [2.24, 2.45) is 5.84 Å². The minimum absolute atomic E-state index is 0.0241. The number of nitrogens with one attached hydrogen (secondary N) is 1. The summed E-state index contributed by atoms with van der Waals surface area (Å²) in [5.74, 6) is 7.12. The smallest absolute Gasteiger partial charge is 0.430 e. The predicted molar refractivity (Wildman–Crippen MR) is 104 cm³/mol. The Labute approximate surface area is 179 Å². The fourth-order valence-corrected chi connectivity index (χ4v) is 2.74. The van der Waals surface area contributed by atoms with E-state index in [1.165, 1.54) is 24.9 Å². The van der Waals surface area contributed by atoms with Gasteiger partial charge in [-0.1, -0.05) is 5.92 Å². The SMILES string of the molecule is C#C[C@](CCn1cnc2c(NN)nc(F)nc21)(COC(=O)OCc1oc(=O)oc1C)OC. The molecule has 1 atom stereocenters. The number of nitrogens with two attached hydrogens (primary N) is 1. The highest BCUT2D eigenvalue weighted by molar-refractivity contribution is 5.82. The Balaban J connectivity index is 1.63. The number of ether oxygens (including phenoxy) is 3. The first kappa shape index (κ1) is 22.7. The van der Waals surface area contributed by atoms with Crippen LogP contribution in [0.25, 0.3) is 11.2 Å². The first-order valence-electron chi connectivity index (χ1n) is 9.07. The first-order valence-corrected chi connectivity index (χ1v) is 9.07. The molecule has 170 valence electrons. The maximum absolute atomic E-state index is 13.7. The summed E-state index contributed by atoms with van der Waals surface area (Å²) in [6, 6.07) is 0. The van der Waals surface area contributed by atoms with E-state index in [1.54, 1.807) is 0 Å². The van der Waals surface area contributed by atoms with Crippen LogP contribution in [0.2, 0.25) is 0 Å². The van der Waals surface area contributed by atoms with Crippen LogP contribution in [-0.2, 0) is 27.4 Å². The van der Waals surface area contributed by atoms with Gasteiger partial charge < -0.3 is 33.0 Å². The van der Waals surface area contributed by atoms with Gasteiger partial charge in [-0.15, -0.1) is 6.42 Å². The fraction of sp³-hybridized carbons (Fsp3) is 0.389. The maximum atomic E-state index is 13.7. The highest BCUT2D eigenvalue weighted by Crippen LogP contribution is 2.21. The van der Waals surface area contributed by atoms with E-state index >= 15 is 0 Å². The van der Waals surface area contributed by atoms with Crippen molar-refractivity contribution in [1.82, 2.24) is 19.5 Å². The Morgan fingerprint density at radius 3 is 2.81 bits per heavy atom. The lowest BCUT2D eigenvalue weighted by molar-refractivity contribution is -0.0414. The number of nitrogen functional groups attached to an aromatic ring is 1. The number of hydrazine groups is 1. The van der Waals surface area contributed by atoms with Gasteiger partial charge in [0.2, 0.25) is 0 Å². The lowest BCUT2D eigenvalue weighted by Crippen LogP contribution is -2.37. The van der Waals surface area contributed by atoms with Crippen LogP contribution in [-0.4, -0.2) is 45.0 Å². The Bertz CT molecular complexity index is 1210. The number of aromatic nitrogens is 4. The van der Waals surface area contributed by atoms with Gasteiger partial charge in [0, 0.05) is 20.1 Å². The fourth-order valence-electron chi connectivity index (χ4n) is 2.74. The number of hydrogen-bond acceptors (Lipinski definition) is 12. The normalized spacial score (nSPS) is 12.8. The molecule has 0 aromatic carbocycles. The van der Waals surface area contributed by atoms with E-state index in [2.05, 4.69) is 30.7 Å². The number of halogens is 1. The van der Waals surface area contributed by atoms with Crippen LogP contribution in [0.15, 0.2) is 20.0 Å². The summed E-state index contributed by atoms with van der Waals surface area (Å²) < 4.78 is 39.9. The van der Waals surface area contributed by atoms with Crippen molar-refractivity contribution in [2.75, 3.05) is 19.1 Å². The molecule has 3 rings (SSSR count). The molecule has 0 fully saturated rings. The third kappa shape index (κ3) is 4.85. The van der Waals surface area contributed by atoms with Crippen molar-refractivity contribution in [2.45, 2.75) is 32.1 Å². The monoisotopic (exact) mass is 450 g/mol. The summed E-state index contributed by atoms with van der Waals surface area (Å²) in [5, 5.41) is 0. The molecule has 3 aromatic heterocycles. The Hall–Kier alpha value is -3.96. The Morgan fingerprint density at radius 1 is 1.41 bits per heavy atom. The molecule has 0 unspecified atom stereocenters. The third-order valence-electron chi connectivity index (χ3n) is 4.56. The van der Waals surface area contributed by atoms with Crippen LogP contribution in [0.5, 0.6) is 0 Å². The van der Waals surface area contributed by atoms with E-state index in [1.807, 2.05) is 0 Å². The molecule has 3 N–H and O–H groups in total. The second kappa shape index (κ2) is 9.45.